The maximum Gasteiger partial charge on any atom is 0.270 e. The number of rotatable bonds is 3. The molecule has 0 spiro atoms. The van der Waals surface area contributed by atoms with Gasteiger partial charge in [-0.3, -0.25) is 10.1 Å². The van der Waals surface area contributed by atoms with Gasteiger partial charge in [-0.05, 0) is 36.7 Å². The summed E-state index contributed by atoms with van der Waals surface area (Å²) < 4.78 is 27.1. The van der Waals surface area contributed by atoms with Gasteiger partial charge in [-0.1, -0.05) is 23.3 Å². The van der Waals surface area contributed by atoms with Crippen molar-refractivity contribution in [2.24, 2.45) is 0 Å². The van der Waals surface area contributed by atoms with Crippen LogP contribution in [0.5, 0.6) is 0 Å². The van der Waals surface area contributed by atoms with Gasteiger partial charge >= 0.3 is 0 Å². The first-order chi connectivity index (χ1) is 11.7. The SMILES string of the molecule is CC1=CC=C([N+](=O)[O-])C=C(S(=O)(=O)n2c(Cl)nc3cc(Cl)ccc32)C1. The normalized spacial score (nSPS) is 15.4. The molecular weight excluding hydrogens is 389 g/mol. The summed E-state index contributed by atoms with van der Waals surface area (Å²) in [6.45, 7) is 1.69. The van der Waals surface area contributed by atoms with Crippen molar-refractivity contribution >= 4 is 44.3 Å². The highest BCUT2D eigenvalue weighted by Gasteiger charge is 2.28. The summed E-state index contributed by atoms with van der Waals surface area (Å²) in [5.74, 6) is 0. The first kappa shape index (κ1) is 17.7. The van der Waals surface area contributed by atoms with Crippen molar-refractivity contribution in [1.29, 1.82) is 0 Å². The molecule has 0 saturated heterocycles. The van der Waals surface area contributed by atoms with Crippen LogP contribution in [0.1, 0.15) is 13.3 Å². The van der Waals surface area contributed by atoms with Gasteiger partial charge in [-0.15, -0.1) is 0 Å². The van der Waals surface area contributed by atoms with E-state index in [1.165, 1.54) is 30.4 Å². The molecule has 130 valence electrons. The molecule has 1 aromatic carbocycles. The second-order valence-electron chi connectivity index (χ2n) is 5.43. The smallest absolute Gasteiger partial charge is 0.258 e. The molecule has 10 heteroatoms. The minimum Gasteiger partial charge on any atom is -0.258 e. The first-order valence-electron chi connectivity index (χ1n) is 7.01. The van der Waals surface area contributed by atoms with Crippen LogP contribution in [-0.4, -0.2) is 22.3 Å². The molecular formula is C15H11Cl2N3O4S. The average Bonchev–Trinajstić information content (AvgIpc) is 2.70. The van der Waals surface area contributed by atoms with E-state index in [0.717, 1.165) is 10.0 Å². The molecule has 0 atom stereocenters. The molecule has 0 fully saturated rings. The zero-order valence-electron chi connectivity index (χ0n) is 12.8. The summed E-state index contributed by atoms with van der Waals surface area (Å²) in [6.07, 6.45) is 3.86. The zero-order chi connectivity index (χ0) is 18.4. The van der Waals surface area contributed by atoms with E-state index in [0.29, 0.717) is 16.1 Å². The highest BCUT2D eigenvalue weighted by molar-refractivity contribution is 7.94. The van der Waals surface area contributed by atoms with E-state index >= 15 is 0 Å². The number of hydrogen-bond acceptors (Lipinski definition) is 5. The number of hydrogen-bond donors (Lipinski definition) is 0. The highest BCUT2D eigenvalue weighted by Crippen LogP contribution is 2.31. The number of fused-ring (bicyclic) bond motifs is 1. The van der Waals surface area contributed by atoms with Crippen molar-refractivity contribution in [3.8, 4) is 0 Å². The monoisotopic (exact) mass is 399 g/mol. The van der Waals surface area contributed by atoms with Crippen LogP contribution in [0, 0.1) is 10.1 Å². The minimum atomic E-state index is -4.16. The van der Waals surface area contributed by atoms with Crippen LogP contribution in [0.4, 0.5) is 0 Å². The average molecular weight is 400 g/mol. The second kappa shape index (κ2) is 6.29. The van der Waals surface area contributed by atoms with Crippen molar-refractivity contribution in [3.05, 3.63) is 73.0 Å². The molecule has 0 bridgehead atoms. The van der Waals surface area contributed by atoms with Crippen LogP contribution in [0.15, 0.2) is 52.6 Å². The summed E-state index contributed by atoms with van der Waals surface area (Å²) in [6, 6.07) is 4.49. The summed E-state index contributed by atoms with van der Waals surface area (Å²) in [4.78, 5) is 14.3. The first-order valence-corrected chi connectivity index (χ1v) is 9.21. The van der Waals surface area contributed by atoms with Crippen molar-refractivity contribution < 1.29 is 13.3 Å². The lowest BCUT2D eigenvalue weighted by Crippen LogP contribution is -2.16. The number of nitro groups is 1. The third-order valence-corrected chi connectivity index (χ3v) is 5.98. The summed E-state index contributed by atoms with van der Waals surface area (Å²) in [7, 11) is -4.16. The molecule has 1 aromatic heterocycles. The Hall–Kier alpha value is -2.16. The molecule has 1 aliphatic rings. The predicted molar refractivity (Wildman–Crippen MR) is 95.6 cm³/mol. The molecule has 7 nitrogen and oxygen atoms in total. The van der Waals surface area contributed by atoms with Crippen molar-refractivity contribution in [3.63, 3.8) is 0 Å². The lowest BCUT2D eigenvalue weighted by Gasteiger charge is -2.11. The van der Waals surface area contributed by atoms with E-state index in [1.807, 2.05) is 0 Å². The maximum atomic E-state index is 13.1. The zero-order valence-corrected chi connectivity index (χ0v) is 15.1. The summed E-state index contributed by atoms with van der Waals surface area (Å²) in [5.41, 5.74) is 0.898. The van der Waals surface area contributed by atoms with Crippen LogP contribution in [0.25, 0.3) is 11.0 Å². The van der Waals surface area contributed by atoms with Gasteiger partial charge in [0.1, 0.15) is 0 Å². The molecule has 2 aromatic rings. The molecule has 1 aliphatic carbocycles. The van der Waals surface area contributed by atoms with Gasteiger partial charge in [0.05, 0.1) is 20.9 Å². The Labute approximate surface area is 153 Å². The van der Waals surface area contributed by atoms with E-state index in [4.69, 9.17) is 23.2 Å². The number of halogens is 2. The Morgan fingerprint density at radius 1 is 1.28 bits per heavy atom. The largest absolute Gasteiger partial charge is 0.270 e. The predicted octanol–water partition coefficient (Wildman–Crippen LogP) is 3.92. The van der Waals surface area contributed by atoms with Gasteiger partial charge in [0.15, 0.2) is 0 Å². The van der Waals surface area contributed by atoms with Gasteiger partial charge in [0.2, 0.25) is 5.28 Å². The molecule has 0 N–H and O–H groups in total. The minimum absolute atomic E-state index is 0.0275. The number of allylic oxidation sites excluding steroid dienone is 5. The molecule has 25 heavy (non-hydrogen) atoms. The van der Waals surface area contributed by atoms with Gasteiger partial charge in [-0.2, -0.15) is 0 Å². The number of nitrogens with zero attached hydrogens (tertiary/aromatic N) is 3. The van der Waals surface area contributed by atoms with E-state index in [1.54, 1.807) is 6.92 Å². The van der Waals surface area contributed by atoms with Crippen LogP contribution < -0.4 is 0 Å². The lowest BCUT2D eigenvalue weighted by molar-refractivity contribution is -0.419. The van der Waals surface area contributed by atoms with E-state index in [2.05, 4.69) is 4.98 Å². The maximum absolute atomic E-state index is 13.1. The topological polar surface area (TPSA) is 95.1 Å². The second-order valence-corrected chi connectivity index (χ2v) is 8.05. The lowest BCUT2D eigenvalue weighted by atomic mass is 10.2. The Morgan fingerprint density at radius 3 is 2.68 bits per heavy atom. The molecule has 1 heterocycles. The standard InChI is InChI=1S/C15H11Cl2N3O4S/c1-9-2-4-11(20(21)22)8-12(6-9)25(23,24)19-14-5-3-10(16)7-13(14)18-15(19)17/h2-5,7-8H,6H2,1H3. The highest BCUT2D eigenvalue weighted by atomic mass is 35.5. The van der Waals surface area contributed by atoms with Crippen LogP contribution in [0.2, 0.25) is 10.3 Å². The van der Waals surface area contributed by atoms with E-state index in [9.17, 15) is 18.5 Å². The molecule has 0 aliphatic heterocycles. The fourth-order valence-corrected chi connectivity index (χ4v) is 4.64. The molecule has 0 saturated carbocycles. The van der Waals surface area contributed by atoms with Gasteiger partial charge in [0.25, 0.3) is 15.7 Å². The van der Waals surface area contributed by atoms with E-state index in [-0.39, 0.29) is 27.8 Å². The molecule has 0 unspecified atom stereocenters. The summed E-state index contributed by atoms with van der Waals surface area (Å²) in [5, 5.41) is 11.2. The molecule has 0 radical (unpaired) electrons. The number of benzene rings is 1. The van der Waals surface area contributed by atoms with Crippen molar-refractivity contribution in [2.75, 3.05) is 0 Å². The van der Waals surface area contributed by atoms with Gasteiger partial charge in [-0.25, -0.2) is 17.4 Å². The van der Waals surface area contributed by atoms with Crippen molar-refractivity contribution in [2.45, 2.75) is 13.3 Å². The number of imidazole rings is 1. The van der Waals surface area contributed by atoms with E-state index < -0.39 is 14.9 Å². The summed E-state index contributed by atoms with van der Waals surface area (Å²) >= 11 is 11.9. The fraction of sp³-hybridized carbons (Fsp3) is 0.133. The Kier molecular flexibility index (Phi) is 4.44. The van der Waals surface area contributed by atoms with Crippen LogP contribution >= 0.6 is 23.2 Å². The van der Waals surface area contributed by atoms with Crippen molar-refractivity contribution in [1.82, 2.24) is 8.96 Å². The quantitative estimate of drug-likeness (QED) is 0.575. The van der Waals surface area contributed by atoms with Crippen LogP contribution in [-0.2, 0) is 10.0 Å². The fourth-order valence-electron chi connectivity index (χ4n) is 2.45. The number of aromatic nitrogens is 2. The third kappa shape index (κ3) is 3.20. The van der Waals surface area contributed by atoms with Gasteiger partial charge in [0, 0.05) is 23.6 Å². The Balaban J connectivity index is 2.23. The molecule has 3 rings (SSSR count). The Morgan fingerprint density at radius 2 is 2.00 bits per heavy atom. The molecule has 0 amide bonds. The van der Waals surface area contributed by atoms with Gasteiger partial charge < -0.3 is 0 Å². The third-order valence-electron chi connectivity index (χ3n) is 3.62. The Bertz CT molecular complexity index is 1100. The van der Waals surface area contributed by atoms with Crippen LogP contribution in [0.3, 0.4) is 0 Å².